The van der Waals surface area contributed by atoms with Crippen LogP contribution in [0.4, 0.5) is 5.13 Å². The molecule has 0 bridgehead atoms. The fraction of sp³-hybridized carbons (Fsp3) is 0.500. The Morgan fingerprint density at radius 1 is 1.60 bits per heavy atom. The van der Waals surface area contributed by atoms with Gasteiger partial charge in [0.05, 0.1) is 6.54 Å². The van der Waals surface area contributed by atoms with E-state index in [1.807, 2.05) is 13.8 Å². The van der Waals surface area contributed by atoms with Crippen LogP contribution in [0.3, 0.4) is 0 Å². The molecule has 2 rings (SSSR count). The van der Waals surface area contributed by atoms with Gasteiger partial charge in [-0.25, -0.2) is 0 Å². The maximum absolute atomic E-state index is 11.6. The first-order chi connectivity index (χ1) is 7.15. The van der Waals surface area contributed by atoms with E-state index in [-0.39, 0.29) is 11.9 Å². The van der Waals surface area contributed by atoms with E-state index in [0.717, 1.165) is 5.01 Å². The van der Waals surface area contributed by atoms with E-state index in [9.17, 15) is 4.79 Å². The minimum atomic E-state index is -0.254. The van der Waals surface area contributed by atoms with E-state index >= 15 is 0 Å². The molecule has 6 nitrogen and oxygen atoms in total. The second-order valence-electron chi connectivity index (χ2n) is 3.32. The largest absolute Gasteiger partial charge is 0.361 e. The quantitative estimate of drug-likeness (QED) is 0.752. The summed E-state index contributed by atoms with van der Waals surface area (Å²) in [6, 6.07) is 0.224. The number of amides is 1. The van der Waals surface area contributed by atoms with Crippen molar-refractivity contribution in [3.05, 3.63) is 5.01 Å². The molecule has 1 aromatic heterocycles. The molecule has 1 atom stereocenters. The average molecular weight is 225 g/mol. The van der Waals surface area contributed by atoms with Gasteiger partial charge in [0.25, 0.3) is 5.91 Å². The lowest BCUT2D eigenvalue weighted by atomic mass is 10.4. The lowest BCUT2D eigenvalue weighted by Gasteiger charge is -2.04. The summed E-state index contributed by atoms with van der Waals surface area (Å²) in [5, 5.41) is 14.5. The first-order valence-electron chi connectivity index (χ1n) is 4.57. The van der Waals surface area contributed by atoms with Crippen molar-refractivity contribution < 1.29 is 4.79 Å². The number of aliphatic imine (C=N–C) groups is 1. The summed E-state index contributed by atoms with van der Waals surface area (Å²) >= 11 is 1.34. The Balaban J connectivity index is 1.98. The summed E-state index contributed by atoms with van der Waals surface area (Å²) < 4.78 is 0. The minimum absolute atomic E-state index is 0.224. The number of carbonyl (C=O) groups is 1. The first kappa shape index (κ1) is 10.0. The number of amidine groups is 1. The van der Waals surface area contributed by atoms with Gasteiger partial charge in [0, 0.05) is 6.04 Å². The van der Waals surface area contributed by atoms with E-state index in [1.165, 1.54) is 11.3 Å². The van der Waals surface area contributed by atoms with Crippen LogP contribution in [-0.4, -0.2) is 34.5 Å². The maximum atomic E-state index is 11.6. The van der Waals surface area contributed by atoms with Gasteiger partial charge in [0.1, 0.15) is 5.01 Å². The first-order valence-corrected chi connectivity index (χ1v) is 5.39. The Kier molecular flexibility index (Phi) is 2.63. The van der Waals surface area contributed by atoms with Gasteiger partial charge < -0.3 is 5.32 Å². The summed E-state index contributed by atoms with van der Waals surface area (Å²) in [4.78, 5) is 15.7. The van der Waals surface area contributed by atoms with Gasteiger partial charge in [-0.2, -0.15) is 0 Å². The molecule has 80 valence electrons. The lowest BCUT2D eigenvalue weighted by Crippen LogP contribution is -2.36. The van der Waals surface area contributed by atoms with Crippen LogP contribution in [0.15, 0.2) is 4.99 Å². The monoisotopic (exact) mass is 225 g/mol. The molecule has 2 heterocycles. The molecule has 0 aliphatic carbocycles. The van der Waals surface area contributed by atoms with Crippen LogP contribution in [0.1, 0.15) is 11.9 Å². The van der Waals surface area contributed by atoms with Crippen molar-refractivity contribution in [1.29, 1.82) is 0 Å². The van der Waals surface area contributed by atoms with Gasteiger partial charge in [-0.15, -0.1) is 10.2 Å². The van der Waals surface area contributed by atoms with Gasteiger partial charge in [0.2, 0.25) is 5.13 Å². The Labute approximate surface area is 90.8 Å². The van der Waals surface area contributed by atoms with E-state index in [0.29, 0.717) is 17.5 Å². The molecule has 0 saturated heterocycles. The molecule has 1 amide bonds. The summed E-state index contributed by atoms with van der Waals surface area (Å²) in [5.74, 6) is 0.117. The highest BCUT2D eigenvalue weighted by atomic mass is 32.1. The second-order valence-corrected chi connectivity index (χ2v) is 4.50. The number of aryl methyl sites for hydroxylation is 1. The van der Waals surface area contributed by atoms with Crippen molar-refractivity contribution in [2.75, 3.05) is 11.9 Å². The van der Waals surface area contributed by atoms with Crippen LogP contribution >= 0.6 is 11.3 Å². The molecule has 0 aromatic carbocycles. The van der Waals surface area contributed by atoms with Crippen molar-refractivity contribution in [3.8, 4) is 0 Å². The number of rotatable bonds is 2. The van der Waals surface area contributed by atoms with Crippen molar-refractivity contribution in [3.63, 3.8) is 0 Å². The molecule has 1 aromatic rings. The van der Waals surface area contributed by atoms with E-state index in [2.05, 4.69) is 25.8 Å². The molecule has 1 aliphatic rings. The third-order valence-electron chi connectivity index (χ3n) is 1.87. The zero-order valence-corrected chi connectivity index (χ0v) is 9.26. The van der Waals surface area contributed by atoms with E-state index in [1.54, 1.807) is 0 Å². The molecular formula is C8H11N5OS. The zero-order valence-electron chi connectivity index (χ0n) is 8.44. The number of aromatic nitrogens is 2. The smallest absolute Gasteiger partial charge is 0.292 e. The van der Waals surface area contributed by atoms with Gasteiger partial charge in [-0.1, -0.05) is 11.3 Å². The normalized spacial score (nSPS) is 19.6. The summed E-state index contributed by atoms with van der Waals surface area (Å²) in [6.45, 7) is 4.44. The Bertz CT molecular complexity index is 413. The Morgan fingerprint density at radius 3 is 2.93 bits per heavy atom. The molecule has 0 fully saturated rings. The third kappa shape index (κ3) is 2.30. The van der Waals surface area contributed by atoms with Gasteiger partial charge in [-0.05, 0) is 13.8 Å². The van der Waals surface area contributed by atoms with Crippen molar-refractivity contribution in [2.24, 2.45) is 4.99 Å². The minimum Gasteiger partial charge on any atom is -0.361 e. The van der Waals surface area contributed by atoms with Crippen molar-refractivity contribution >= 4 is 28.2 Å². The number of anilines is 1. The maximum Gasteiger partial charge on any atom is 0.292 e. The number of hydrogen-bond acceptors (Lipinski definition) is 6. The molecule has 1 aliphatic heterocycles. The molecule has 7 heteroatoms. The van der Waals surface area contributed by atoms with Crippen LogP contribution < -0.4 is 10.6 Å². The van der Waals surface area contributed by atoms with Gasteiger partial charge in [0.15, 0.2) is 5.84 Å². The topological polar surface area (TPSA) is 79.3 Å². The highest BCUT2D eigenvalue weighted by Gasteiger charge is 2.20. The summed E-state index contributed by atoms with van der Waals surface area (Å²) in [6.07, 6.45) is 0. The fourth-order valence-corrected chi connectivity index (χ4v) is 1.78. The van der Waals surface area contributed by atoms with E-state index in [4.69, 9.17) is 0 Å². The number of nitrogens with one attached hydrogen (secondary N) is 2. The molecule has 0 spiro atoms. The SMILES string of the molecule is Cc1nnc(NC(=O)C2=NCC(C)N2)s1. The molecule has 0 saturated carbocycles. The zero-order chi connectivity index (χ0) is 10.8. The third-order valence-corrected chi connectivity index (χ3v) is 2.62. The Morgan fingerprint density at radius 2 is 2.40 bits per heavy atom. The molecule has 0 radical (unpaired) electrons. The Hall–Kier alpha value is -1.50. The van der Waals surface area contributed by atoms with Crippen LogP contribution in [0.25, 0.3) is 0 Å². The summed E-state index contributed by atoms with van der Waals surface area (Å²) in [5.41, 5.74) is 0. The molecular weight excluding hydrogens is 214 g/mol. The van der Waals surface area contributed by atoms with Crippen LogP contribution in [0.2, 0.25) is 0 Å². The predicted octanol–water partition coefficient (Wildman–Crippen LogP) is 0.175. The number of nitrogens with zero attached hydrogens (tertiary/aromatic N) is 3. The molecule has 2 N–H and O–H groups in total. The standard InChI is InChI=1S/C8H11N5OS/c1-4-3-9-6(10-4)7(14)11-8-13-12-5(2)15-8/h4H,3H2,1-2H3,(H,9,10)(H,11,13,14). The van der Waals surface area contributed by atoms with Gasteiger partial charge in [-0.3, -0.25) is 15.1 Å². The van der Waals surface area contributed by atoms with Crippen LogP contribution in [0.5, 0.6) is 0 Å². The fourth-order valence-electron chi connectivity index (χ4n) is 1.19. The average Bonchev–Trinajstić information content (AvgIpc) is 2.75. The van der Waals surface area contributed by atoms with Gasteiger partial charge >= 0.3 is 0 Å². The molecule has 15 heavy (non-hydrogen) atoms. The highest BCUT2D eigenvalue weighted by molar-refractivity contribution is 7.15. The number of carbonyl (C=O) groups excluding carboxylic acids is 1. The predicted molar refractivity (Wildman–Crippen MR) is 58.2 cm³/mol. The number of hydrogen-bond donors (Lipinski definition) is 2. The highest BCUT2D eigenvalue weighted by Crippen LogP contribution is 2.13. The van der Waals surface area contributed by atoms with Crippen LogP contribution in [0, 0.1) is 6.92 Å². The van der Waals surface area contributed by atoms with Crippen molar-refractivity contribution in [1.82, 2.24) is 15.5 Å². The summed E-state index contributed by atoms with van der Waals surface area (Å²) in [7, 11) is 0. The second kappa shape index (κ2) is 3.93. The van der Waals surface area contributed by atoms with Crippen molar-refractivity contribution in [2.45, 2.75) is 19.9 Å². The lowest BCUT2D eigenvalue weighted by molar-refractivity contribution is -0.110. The molecule has 1 unspecified atom stereocenters. The van der Waals surface area contributed by atoms with E-state index < -0.39 is 0 Å². The van der Waals surface area contributed by atoms with Crippen LogP contribution in [-0.2, 0) is 4.79 Å².